The Hall–Kier alpha value is -1.00. The highest BCUT2D eigenvalue weighted by Gasteiger charge is 2.20. The second kappa shape index (κ2) is 3.24. The van der Waals surface area contributed by atoms with E-state index in [1.807, 2.05) is 0 Å². The monoisotopic (exact) mass is 162 g/mol. The van der Waals surface area contributed by atoms with Crippen LogP contribution in [0.5, 0.6) is 5.88 Å². The summed E-state index contributed by atoms with van der Waals surface area (Å²) in [6.45, 7) is 0. The molecule has 0 spiro atoms. The minimum Gasteiger partial charge on any atom is -0.205 e. The predicted octanol–water partition coefficient (Wildman–Crippen LogP) is 0.487. The van der Waals surface area contributed by atoms with Gasteiger partial charge in [-0.15, -0.1) is 9.62 Å². The number of H-pyrrole nitrogens is 1. The number of aromatic amines is 1. The molecule has 0 fully saturated rings. The first-order valence-electron chi connectivity index (χ1n) is 2.38. The molecule has 0 bridgehead atoms. The van der Waals surface area contributed by atoms with Gasteiger partial charge in [-0.25, -0.2) is 4.52 Å². The highest BCUT2D eigenvalue weighted by molar-refractivity contribution is 7.33. The molecular weight excluding hydrogens is 157 g/mol. The van der Waals surface area contributed by atoms with Crippen molar-refractivity contribution in [1.29, 1.82) is 0 Å². The molecule has 1 aromatic rings. The van der Waals surface area contributed by atoms with Crippen molar-refractivity contribution in [2.45, 2.75) is 0 Å². The van der Waals surface area contributed by atoms with E-state index in [0.29, 0.717) is 0 Å². The van der Waals surface area contributed by atoms with Crippen molar-refractivity contribution in [1.82, 2.24) is 15.4 Å². The summed E-state index contributed by atoms with van der Waals surface area (Å²) in [5.74, 6) is 0.156. The van der Waals surface area contributed by atoms with E-state index < -0.39 is 8.25 Å². The van der Waals surface area contributed by atoms with Gasteiger partial charge in [0.1, 0.15) is 6.20 Å². The van der Waals surface area contributed by atoms with E-state index >= 15 is 0 Å². The maximum absolute atomic E-state index is 10.5. The van der Waals surface area contributed by atoms with Crippen molar-refractivity contribution >= 4 is 8.25 Å². The minimum absolute atomic E-state index is 0.156. The van der Waals surface area contributed by atoms with Crippen LogP contribution >= 0.6 is 8.25 Å². The number of hydrogen-bond donors (Lipinski definition) is 1. The largest absolute Gasteiger partial charge is 0.751 e. The lowest BCUT2D eigenvalue weighted by Gasteiger charge is -1.77. The SMILES string of the molecule is CO[P+](=O)Oc1cn[nH]n1. The van der Waals surface area contributed by atoms with Gasteiger partial charge >= 0.3 is 14.1 Å². The molecule has 0 aliphatic rings. The number of hydrogen-bond acceptors (Lipinski definition) is 5. The third-order valence-corrected chi connectivity index (χ3v) is 1.34. The first-order chi connectivity index (χ1) is 4.83. The molecule has 1 N–H and O–H groups in total. The van der Waals surface area contributed by atoms with E-state index in [2.05, 4.69) is 24.5 Å². The van der Waals surface area contributed by atoms with E-state index in [-0.39, 0.29) is 5.88 Å². The Morgan fingerprint density at radius 1 is 1.80 bits per heavy atom. The second-order valence-corrected chi connectivity index (χ2v) is 2.30. The van der Waals surface area contributed by atoms with Crippen molar-refractivity contribution < 1.29 is 13.6 Å². The van der Waals surface area contributed by atoms with E-state index in [0.717, 1.165) is 0 Å². The summed E-state index contributed by atoms with van der Waals surface area (Å²) in [5, 5.41) is 9.20. The Morgan fingerprint density at radius 3 is 3.10 bits per heavy atom. The molecule has 10 heavy (non-hydrogen) atoms. The van der Waals surface area contributed by atoms with E-state index in [1.165, 1.54) is 13.3 Å². The Kier molecular flexibility index (Phi) is 2.30. The van der Waals surface area contributed by atoms with Crippen LogP contribution < -0.4 is 4.52 Å². The summed E-state index contributed by atoms with van der Waals surface area (Å²) in [4.78, 5) is 0. The fraction of sp³-hybridized carbons (Fsp3) is 0.333. The van der Waals surface area contributed by atoms with Gasteiger partial charge in [0.15, 0.2) is 0 Å². The average Bonchev–Trinajstić information content (AvgIpc) is 2.40. The van der Waals surface area contributed by atoms with Gasteiger partial charge in [-0.3, -0.25) is 0 Å². The van der Waals surface area contributed by atoms with Crippen LogP contribution in [0.15, 0.2) is 6.20 Å². The summed E-state index contributed by atoms with van der Waals surface area (Å²) >= 11 is 0. The number of aromatic nitrogens is 3. The minimum atomic E-state index is -2.10. The third-order valence-electron chi connectivity index (χ3n) is 0.710. The first-order valence-corrected chi connectivity index (χ1v) is 3.47. The van der Waals surface area contributed by atoms with Gasteiger partial charge in [-0.2, -0.15) is 10.3 Å². The van der Waals surface area contributed by atoms with E-state index in [9.17, 15) is 4.57 Å². The maximum atomic E-state index is 10.5. The Morgan fingerprint density at radius 2 is 2.60 bits per heavy atom. The van der Waals surface area contributed by atoms with Crippen LogP contribution in [-0.4, -0.2) is 22.5 Å². The highest BCUT2D eigenvalue weighted by Crippen LogP contribution is 2.23. The molecule has 0 saturated heterocycles. The van der Waals surface area contributed by atoms with Crippen molar-refractivity contribution in [3.05, 3.63) is 6.20 Å². The molecule has 54 valence electrons. The molecule has 0 saturated carbocycles. The second-order valence-electron chi connectivity index (χ2n) is 1.31. The number of nitrogens with zero attached hydrogens (tertiary/aromatic N) is 2. The molecule has 0 aliphatic carbocycles. The lowest BCUT2D eigenvalue weighted by molar-refractivity contribution is 0.345. The summed E-state index contributed by atoms with van der Waals surface area (Å²) in [5.41, 5.74) is 0. The smallest absolute Gasteiger partial charge is 0.205 e. The summed E-state index contributed by atoms with van der Waals surface area (Å²) in [7, 11) is -0.825. The first kappa shape index (κ1) is 7.11. The topological polar surface area (TPSA) is 77.1 Å². The fourth-order valence-corrected chi connectivity index (χ4v) is 0.664. The molecule has 1 heterocycles. The fourth-order valence-electron chi connectivity index (χ4n) is 0.349. The number of rotatable bonds is 3. The molecule has 7 heteroatoms. The van der Waals surface area contributed by atoms with Crippen LogP contribution in [0.3, 0.4) is 0 Å². The van der Waals surface area contributed by atoms with Gasteiger partial charge in [0.25, 0.3) is 0 Å². The van der Waals surface area contributed by atoms with Gasteiger partial charge in [-0.1, -0.05) is 0 Å². The molecule has 1 atom stereocenters. The maximum Gasteiger partial charge on any atom is 0.751 e. The third kappa shape index (κ3) is 1.75. The van der Waals surface area contributed by atoms with Crippen LogP contribution in [0.2, 0.25) is 0 Å². The normalized spacial score (nSPS) is 11.1. The van der Waals surface area contributed by atoms with Gasteiger partial charge in [0.2, 0.25) is 0 Å². The lowest BCUT2D eigenvalue weighted by Crippen LogP contribution is -1.81. The van der Waals surface area contributed by atoms with Gasteiger partial charge in [0.05, 0.1) is 7.11 Å². The van der Waals surface area contributed by atoms with E-state index in [4.69, 9.17) is 0 Å². The molecular formula is C3H5N3O3P+. The molecule has 6 nitrogen and oxygen atoms in total. The Balaban J connectivity index is 2.48. The van der Waals surface area contributed by atoms with Crippen LogP contribution in [0, 0.1) is 0 Å². The highest BCUT2D eigenvalue weighted by atomic mass is 31.1. The Bertz CT molecular complexity index is 211. The molecule has 0 radical (unpaired) electrons. The molecule has 1 unspecified atom stereocenters. The van der Waals surface area contributed by atoms with Crippen molar-refractivity contribution in [2.75, 3.05) is 7.11 Å². The zero-order valence-corrected chi connectivity index (χ0v) is 6.04. The molecule has 1 rings (SSSR count). The Labute approximate surface area is 57.5 Å². The van der Waals surface area contributed by atoms with Crippen molar-refractivity contribution in [3.8, 4) is 5.88 Å². The predicted molar refractivity (Wildman–Crippen MR) is 31.6 cm³/mol. The van der Waals surface area contributed by atoms with Gasteiger partial charge in [-0.05, 0) is 0 Å². The summed E-state index contributed by atoms with van der Waals surface area (Å²) in [6, 6.07) is 0. The van der Waals surface area contributed by atoms with Gasteiger partial charge in [0, 0.05) is 4.57 Å². The lowest BCUT2D eigenvalue weighted by atomic mass is 10.9. The zero-order chi connectivity index (χ0) is 7.40. The van der Waals surface area contributed by atoms with Crippen molar-refractivity contribution in [3.63, 3.8) is 0 Å². The van der Waals surface area contributed by atoms with E-state index in [1.54, 1.807) is 0 Å². The van der Waals surface area contributed by atoms with Crippen LogP contribution in [0.25, 0.3) is 0 Å². The molecule has 0 aromatic carbocycles. The van der Waals surface area contributed by atoms with Gasteiger partial charge < -0.3 is 0 Å². The standard InChI is InChI=1S/C3H5N3O3P/c1-8-10(7)9-3-2-4-6-5-3/h2H,1H3,(H,4,5,6)/q+1. The zero-order valence-electron chi connectivity index (χ0n) is 5.14. The van der Waals surface area contributed by atoms with Crippen molar-refractivity contribution in [2.24, 2.45) is 0 Å². The molecule has 0 amide bonds. The molecule has 1 aromatic heterocycles. The van der Waals surface area contributed by atoms with Crippen LogP contribution in [0.4, 0.5) is 0 Å². The summed E-state index contributed by atoms with van der Waals surface area (Å²) < 4.78 is 19.4. The molecule has 0 aliphatic heterocycles. The average molecular weight is 162 g/mol. The quantitative estimate of drug-likeness (QED) is 0.654. The van der Waals surface area contributed by atoms with Crippen LogP contribution in [0.1, 0.15) is 0 Å². The van der Waals surface area contributed by atoms with Crippen LogP contribution in [-0.2, 0) is 9.09 Å². The number of nitrogens with one attached hydrogen (secondary N) is 1. The summed E-state index contributed by atoms with van der Waals surface area (Å²) in [6.07, 6.45) is 1.30.